The minimum Gasteiger partial charge on any atom is -0.382 e. The molecule has 0 bridgehead atoms. The van der Waals surface area contributed by atoms with E-state index in [4.69, 9.17) is 4.74 Å². The number of rotatable bonds is 3. The highest BCUT2D eigenvalue weighted by Crippen LogP contribution is 2.34. The van der Waals surface area contributed by atoms with E-state index in [-0.39, 0.29) is 6.04 Å². The van der Waals surface area contributed by atoms with Gasteiger partial charge in [-0.25, -0.2) is 0 Å². The predicted octanol–water partition coefficient (Wildman–Crippen LogP) is 4.30. The average molecular weight is 338 g/mol. The first kappa shape index (κ1) is 14.7. The lowest BCUT2D eigenvalue weighted by Gasteiger charge is -2.21. The van der Waals surface area contributed by atoms with Gasteiger partial charge in [0, 0.05) is 28.7 Å². The zero-order chi connectivity index (χ0) is 14.0. The summed E-state index contributed by atoms with van der Waals surface area (Å²) in [7, 11) is 0. The number of benzene rings is 1. The quantitative estimate of drug-likeness (QED) is 0.887. The summed E-state index contributed by atoms with van der Waals surface area (Å²) in [5.41, 5.74) is -0.180. The SMILES string of the molecule is CC(Nc1cc(Br)cc(C(F)(F)F)c1)C1CCOC1. The van der Waals surface area contributed by atoms with Gasteiger partial charge in [-0.1, -0.05) is 15.9 Å². The second kappa shape index (κ2) is 5.71. The van der Waals surface area contributed by atoms with Crippen LogP contribution in [0.1, 0.15) is 18.9 Å². The van der Waals surface area contributed by atoms with Gasteiger partial charge in [-0.3, -0.25) is 0 Å². The van der Waals surface area contributed by atoms with Gasteiger partial charge < -0.3 is 10.1 Å². The van der Waals surface area contributed by atoms with Gasteiger partial charge in [-0.15, -0.1) is 0 Å². The molecule has 106 valence electrons. The molecule has 2 nitrogen and oxygen atoms in total. The van der Waals surface area contributed by atoms with Crippen molar-refractivity contribution in [3.8, 4) is 0 Å². The molecular weight excluding hydrogens is 323 g/mol. The summed E-state index contributed by atoms with van der Waals surface area (Å²) in [6, 6.07) is 3.95. The second-order valence-electron chi connectivity index (χ2n) is 4.78. The van der Waals surface area contributed by atoms with Crippen LogP contribution in [0.5, 0.6) is 0 Å². The highest BCUT2D eigenvalue weighted by Gasteiger charge is 2.31. The molecule has 2 unspecified atom stereocenters. The van der Waals surface area contributed by atoms with Gasteiger partial charge >= 0.3 is 6.18 Å². The summed E-state index contributed by atoms with van der Waals surface area (Å²) in [6.45, 7) is 3.35. The van der Waals surface area contributed by atoms with E-state index in [1.165, 1.54) is 0 Å². The lowest BCUT2D eigenvalue weighted by Crippen LogP contribution is -2.26. The normalized spacial score (nSPS) is 21.4. The summed E-state index contributed by atoms with van der Waals surface area (Å²) < 4.78 is 43.9. The highest BCUT2D eigenvalue weighted by atomic mass is 79.9. The topological polar surface area (TPSA) is 21.3 Å². The zero-order valence-electron chi connectivity index (χ0n) is 10.4. The maximum absolute atomic E-state index is 12.7. The molecule has 0 spiro atoms. The van der Waals surface area contributed by atoms with Gasteiger partial charge in [0.1, 0.15) is 0 Å². The van der Waals surface area contributed by atoms with E-state index >= 15 is 0 Å². The van der Waals surface area contributed by atoms with E-state index in [0.717, 1.165) is 25.2 Å². The molecule has 1 N–H and O–H groups in total. The van der Waals surface area contributed by atoms with Crippen LogP contribution in [-0.2, 0) is 10.9 Å². The Balaban J connectivity index is 2.13. The molecule has 1 aromatic rings. The summed E-state index contributed by atoms with van der Waals surface area (Å²) >= 11 is 3.11. The Kier molecular flexibility index (Phi) is 4.40. The van der Waals surface area contributed by atoms with Gasteiger partial charge in [0.15, 0.2) is 0 Å². The van der Waals surface area contributed by atoms with Gasteiger partial charge in [0.25, 0.3) is 0 Å². The van der Waals surface area contributed by atoms with E-state index in [9.17, 15) is 13.2 Å². The van der Waals surface area contributed by atoms with E-state index in [1.807, 2.05) is 6.92 Å². The molecule has 1 aliphatic heterocycles. The molecular formula is C13H15BrF3NO. The van der Waals surface area contributed by atoms with Crippen molar-refractivity contribution in [1.29, 1.82) is 0 Å². The Bertz CT molecular complexity index is 444. The maximum atomic E-state index is 12.7. The van der Waals surface area contributed by atoms with E-state index < -0.39 is 11.7 Å². The first-order valence-electron chi connectivity index (χ1n) is 6.08. The predicted molar refractivity (Wildman–Crippen MR) is 71.2 cm³/mol. The molecule has 2 rings (SSSR count). The molecule has 1 saturated heterocycles. The van der Waals surface area contributed by atoms with Crippen molar-refractivity contribution in [1.82, 2.24) is 0 Å². The number of hydrogen-bond acceptors (Lipinski definition) is 2. The van der Waals surface area contributed by atoms with Crippen molar-refractivity contribution < 1.29 is 17.9 Å². The molecule has 1 aromatic carbocycles. The molecule has 2 atom stereocenters. The molecule has 19 heavy (non-hydrogen) atoms. The second-order valence-corrected chi connectivity index (χ2v) is 5.70. The minimum absolute atomic E-state index is 0.0814. The zero-order valence-corrected chi connectivity index (χ0v) is 12.0. The van der Waals surface area contributed by atoms with Crippen molar-refractivity contribution in [2.45, 2.75) is 25.6 Å². The highest BCUT2D eigenvalue weighted by molar-refractivity contribution is 9.10. The summed E-state index contributed by atoms with van der Waals surface area (Å²) in [5.74, 6) is 0.341. The fourth-order valence-corrected chi connectivity index (χ4v) is 2.66. The monoisotopic (exact) mass is 337 g/mol. The lowest BCUT2D eigenvalue weighted by molar-refractivity contribution is -0.137. The third kappa shape index (κ3) is 3.86. The number of ether oxygens (including phenoxy) is 1. The molecule has 0 saturated carbocycles. The summed E-state index contributed by atoms with van der Waals surface area (Å²) in [4.78, 5) is 0. The maximum Gasteiger partial charge on any atom is 0.416 e. The van der Waals surface area contributed by atoms with Crippen LogP contribution in [0.3, 0.4) is 0 Å². The van der Waals surface area contributed by atoms with Crippen LogP contribution in [0, 0.1) is 5.92 Å². The van der Waals surface area contributed by atoms with Crippen LogP contribution < -0.4 is 5.32 Å². The Hall–Kier alpha value is -0.750. The Labute approximate surface area is 118 Å². The first-order valence-corrected chi connectivity index (χ1v) is 6.87. The van der Waals surface area contributed by atoms with Crippen LogP contribution in [0.15, 0.2) is 22.7 Å². The van der Waals surface area contributed by atoms with Crippen molar-refractivity contribution in [3.63, 3.8) is 0 Å². The van der Waals surface area contributed by atoms with E-state index in [1.54, 1.807) is 6.07 Å². The van der Waals surface area contributed by atoms with Crippen LogP contribution in [0.2, 0.25) is 0 Å². The Morgan fingerprint density at radius 2 is 2.11 bits per heavy atom. The Morgan fingerprint density at radius 1 is 1.37 bits per heavy atom. The number of hydrogen-bond donors (Lipinski definition) is 1. The van der Waals surface area contributed by atoms with Gasteiger partial charge in [-0.05, 0) is 31.5 Å². The summed E-state index contributed by atoms with van der Waals surface area (Å²) in [5, 5.41) is 3.13. The van der Waals surface area contributed by atoms with Crippen molar-refractivity contribution in [2.75, 3.05) is 18.5 Å². The average Bonchev–Trinajstić information content (AvgIpc) is 2.80. The fraction of sp³-hybridized carbons (Fsp3) is 0.538. The van der Waals surface area contributed by atoms with Gasteiger partial charge in [0.05, 0.1) is 12.2 Å². The van der Waals surface area contributed by atoms with E-state index in [0.29, 0.717) is 22.7 Å². The van der Waals surface area contributed by atoms with Crippen molar-refractivity contribution >= 4 is 21.6 Å². The number of anilines is 1. The first-order chi connectivity index (χ1) is 8.86. The van der Waals surface area contributed by atoms with Gasteiger partial charge in [-0.2, -0.15) is 13.2 Å². The van der Waals surface area contributed by atoms with Crippen LogP contribution >= 0.6 is 15.9 Å². The number of halogens is 4. The van der Waals surface area contributed by atoms with Crippen LogP contribution in [0.25, 0.3) is 0 Å². The molecule has 1 aliphatic rings. The molecule has 0 aliphatic carbocycles. The van der Waals surface area contributed by atoms with Crippen LogP contribution in [0.4, 0.5) is 18.9 Å². The third-order valence-electron chi connectivity index (χ3n) is 3.29. The van der Waals surface area contributed by atoms with Crippen molar-refractivity contribution in [2.24, 2.45) is 5.92 Å². The molecule has 0 amide bonds. The standard InChI is InChI=1S/C13H15BrF3NO/c1-8(9-2-3-19-7-9)18-12-5-10(13(15,16)17)4-11(14)6-12/h4-6,8-9,18H,2-3,7H2,1H3. The fourth-order valence-electron chi connectivity index (χ4n) is 2.16. The smallest absolute Gasteiger partial charge is 0.382 e. The summed E-state index contributed by atoms with van der Waals surface area (Å²) in [6.07, 6.45) is -3.39. The van der Waals surface area contributed by atoms with Crippen LogP contribution in [-0.4, -0.2) is 19.3 Å². The minimum atomic E-state index is -4.33. The lowest BCUT2D eigenvalue weighted by atomic mass is 10.0. The van der Waals surface area contributed by atoms with Gasteiger partial charge in [0.2, 0.25) is 0 Å². The number of alkyl halides is 3. The molecule has 1 heterocycles. The molecule has 0 radical (unpaired) electrons. The molecule has 6 heteroatoms. The number of nitrogens with one attached hydrogen (secondary N) is 1. The largest absolute Gasteiger partial charge is 0.416 e. The van der Waals surface area contributed by atoms with E-state index in [2.05, 4.69) is 21.2 Å². The Morgan fingerprint density at radius 3 is 2.68 bits per heavy atom. The molecule has 0 aromatic heterocycles. The van der Waals surface area contributed by atoms with Crippen molar-refractivity contribution in [3.05, 3.63) is 28.2 Å². The third-order valence-corrected chi connectivity index (χ3v) is 3.75. The molecule has 1 fully saturated rings.